The van der Waals surface area contributed by atoms with Gasteiger partial charge in [0.1, 0.15) is 5.82 Å². The van der Waals surface area contributed by atoms with Crippen LogP contribution >= 0.6 is 0 Å². The zero-order valence-corrected chi connectivity index (χ0v) is 13.9. The molecule has 132 valence electrons. The molecule has 1 aliphatic heterocycles. The lowest BCUT2D eigenvalue weighted by molar-refractivity contribution is -0.121. The van der Waals surface area contributed by atoms with Crippen LogP contribution in [0.1, 0.15) is 17.5 Å². The standard InChI is InChI=1S/C18H20FN3O3/c1-13(17(23)20-15-6-3-2-5-14(15)19)21-8-10-22(11-9-21)18(24)16-7-4-12-25-16/h2-7,12-13H,8-11H2,1H3,(H,20,23)/t13-/m1/s1. The summed E-state index contributed by atoms with van der Waals surface area (Å²) < 4.78 is 18.8. The van der Waals surface area contributed by atoms with Crippen LogP contribution in [0.5, 0.6) is 0 Å². The van der Waals surface area contributed by atoms with Crippen LogP contribution in [0.3, 0.4) is 0 Å². The third-order valence-electron chi connectivity index (χ3n) is 4.39. The molecule has 1 aromatic carbocycles. The Balaban J connectivity index is 1.54. The van der Waals surface area contributed by atoms with Crippen molar-refractivity contribution in [2.75, 3.05) is 31.5 Å². The van der Waals surface area contributed by atoms with Crippen molar-refractivity contribution in [1.29, 1.82) is 0 Å². The largest absolute Gasteiger partial charge is 0.459 e. The molecule has 3 rings (SSSR count). The van der Waals surface area contributed by atoms with Crippen LogP contribution in [0.25, 0.3) is 0 Å². The Morgan fingerprint density at radius 2 is 1.84 bits per heavy atom. The van der Waals surface area contributed by atoms with E-state index in [0.717, 1.165) is 0 Å². The van der Waals surface area contributed by atoms with E-state index in [-0.39, 0.29) is 17.5 Å². The van der Waals surface area contributed by atoms with Crippen molar-refractivity contribution in [1.82, 2.24) is 9.80 Å². The first-order valence-corrected chi connectivity index (χ1v) is 8.18. The number of carbonyl (C=O) groups excluding carboxylic acids is 2. The monoisotopic (exact) mass is 345 g/mol. The molecule has 1 saturated heterocycles. The highest BCUT2D eigenvalue weighted by Crippen LogP contribution is 2.15. The maximum atomic E-state index is 13.6. The Hall–Kier alpha value is -2.67. The number of rotatable bonds is 4. The Morgan fingerprint density at radius 1 is 1.12 bits per heavy atom. The molecule has 2 heterocycles. The van der Waals surface area contributed by atoms with Gasteiger partial charge in [-0.05, 0) is 31.2 Å². The highest BCUT2D eigenvalue weighted by Gasteiger charge is 2.28. The van der Waals surface area contributed by atoms with E-state index in [1.807, 2.05) is 4.90 Å². The third-order valence-corrected chi connectivity index (χ3v) is 4.39. The van der Waals surface area contributed by atoms with Gasteiger partial charge in [-0.1, -0.05) is 12.1 Å². The molecule has 0 unspecified atom stereocenters. The zero-order valence-electron chi connectivity index (χ0n) is 13.9. The lowest BCUT2D eigenvalue weighted by Crippen LogP contribution is -2.54. The summed E-state index contributed by atoms with van der Waals surface area (Å²) in [5.41, 5.74) is 0.172. The summed E-state index contributed by atoms with van der Waals surface area (Å²) >= 11 is 0. The first-order valence-electron chi connectivity index (χ1n) is 8.18. The SMILES string of the molecule is C[C@H](C(=O)Nc1ccccc1F)N1CCN(C(=O)c2ccco2)CC1. The quantitative estimate of drug-likeness (QED) is 0.923. The molecule has 1 aliphatic rings. The molecule has 6 nitrogen and oxygen atoms in total. The Labute approximate surface area is 145 Å². The van der Waals surface area contributed by atoms with E-state index in [1.165, 1.54) is 18.4 Å². The zero-order chi connectivity index (χ0) is 17.8. The van der Waals surface area contributed by atoms with Crippen LogP contribution in [0, 0.1) is 5.82 Å². The minimum atomic E-state index is -0.461. The first-order chi connectivity index (χ1) is 12.1. The van der Waals surface area contributed by atoms with E-state index in [9.17, 15) is 14.0 Å². The summed E-state index contributed by atoms with van der Waals surface area (Å²) in [7, 11) is 0. The third kappa shape index (κ3) is 3.88. The first kappa shape index (κ1) is 17.2. The summed E-state index contributed by atoms with van der Waals surface area (Å²) in [6, 6.07) is 8.98. The predicted octanol–water partition coefficient (Wildman–Crippen LogP) is 2.20. The van der Waals surface area contributed by atoms with Crippen molar-refractivity contribution in [3.05, 3.63) is 54.2 Å². The van der Waals surface area contributed by atoms with Crippen molar-refractivity contribution in [2.45, 2.75) is 13.0 Å². The Kier molecular flexibility index (Phi) is 5.14. The van der Waals surface area contributed by atoms with E-state index in [4.69, 9.17) is 4.42 Å². The van der Waals surface area contributed by atoms with Crippen molar-refractivity contribution in [2.24, 2.45) is 0 Å². The van der Waals surface area contributed by atoms with Crippen LogP contribution in [0.2, 0.25) is 0 Å². The number of para-hydroxylation sites is 1. The molecule has 7 heteroatoms. The van der Waals surface area contributed by atoms with Gasteiger partial charge in [0.15, 0.2) is 5.76 Å². The maximum absolute atomic E-state index is 13.6. The second kappa shape index (κ2) is 7.48. The summed E-state index contributed by atoms with van der Waals surface area (Å²) in [5, 5.41) is 2.61. The number of furan rings is 1. The molecular formula is C18H20FN3O3. The topological polar surface area (TPSA) is 65.8 Å². The molecule has 1 N–H and O–H groups in total. The van der Waals surface area contributed by atoms with Gasteiger partial charge in [-0.2, -0.15) is 0 Å². The molecule has 0 radical (unpaired) electrons. The van der Waals surface area contributed by atoms with E-state index in [1.54, 1.807) is 36.1 Å². The highest BCUT2D eigenvalue weighted by molar-refractivity contribution is 5.94. The van der Waals surface area contributed by atoms with Crippen molar-refractivity contribution < 1.29 is 18.4 Å². The Morgan fingerprint density at radius 3 is 2.48 bits per heavy atom. The summed E-state index contributed by atoms with van der Waals surface area (Å²) in [5.74, 6) is -0.556. The van der Waals surface area contributed by atoms with Gasteiger partial charge in [0.05, 0.1) is 18.0 Å². The van der Waals surface area contributed by atoms with Gasteiger partial charge < -0.3 is 14.6 Å². The maximum Gasteiger partial charge on any atom is 0.289 e. The van der Waals surface area contributed by atoms with Gasteiger partial charge in [0.2, 0.25) is 5.91 Å². The molecule has 2 aromatic rings. The lowest BCUT2D eigenvalue weighted by atomic mass is 10.2. The second-order valence-electron chi connectivity index (χ2n) is 5.95. The number of benzene rings is 1. The van der Waals surface area contributed by atoms with Gasteiger partial charge in [-0.3, -0.25) is 14.5 Å². The fourth-order valence-corrected chi connectivity index (χ4v) is 2.83. The lowest BCUT2D eigenvalue weighted by Gasteiger charge is -2.37. The fourth-order valence-electron chi connectivity index (χ4n) is 2.83. The van der Waals surface area contributed by atoms with Crippen molar-refractivity contribution in [3.63, 3.8) is 0 Å². The number of amides is 2. The van der Waals surface area contributed by atoms with Gasteiger partial charge >= 0.3 is 0 Å². The summed E-state index contributed by atoms with van der Waals surface area (Å²) in [4.78, 5) is 28.3. The molecule has 0 saturated carbocycles. The molecule has 2 amide bonds. The number of nitrogens with one attached hydrogen (secondary N) is 1. The van der Waals surface area contributed by atoms with Gasteiger partial charge in [-0.15, -0.1) is 0 Å². The van der Waals surface area contributed by atoms with E-state index in [2.05, 4.69) is 5.32 Å². The van der Waals surface area contributed by atoms with E-state index in [0.29, 0.717) is 31.9 Å². The molecule has 0 bridgehead atoms. The molecule has 25 heavy (non-hydrogen) atoms. The van der Waals surface area contributed by atoms with Crippen LogP contribution in [0.4, 0.5) is 10.1 Å². The number of anilines is 1. The highest BCUT2D eigenvalue weighted by atomic mass is 19.1. The number of hydrogen-bond donors (Lipinski definition) is 1. The number of carbonyl (C=O) groups is 2. The fraction of sp³-hybridized carbons (Fsp3) is 0.333. The van der Waals surface area contributed by atoms with Gasteiger partial charge in [0.25, 0.3) is 5.91 Å². The molecule has 0 aliphatic carbocycles. The van der Waals surface area contributed by atoms with Crippen LogP contribution in [-0.2, 0) is 4.79 Å². The van der Waals surface area contributed by atoms with Crippen LogP contribution in [0.15, 0.2) is 47.1 Å². The normalized spacial score (nSPS) is 16.5. The second-order valence-corrected chi connectivity index (χ2v) is 5.95. The average Bonchev–Trinajstić information content (AvgIpc) is 3.17. The van der Waals surface area contributed by atoms with Crippen LogP contribution in [-0.4, -0.2) is 53.8 Å². The van der Waals surface area contributed by atoms with Crippen LogP contribution < -0.4 is 5.32 Å². The molecular weight excluding hydrogens is 325 g/mol. The number of halogens is 1. The Bertz CT molecular complexity index is 740. The molecule has 1 aromatic heterocycles. The van der Waals surface area contributed by atoms with E-state index < -0.39 is 11.9 Å². The molecule has 0 spiro atoms. The van der Waals surface area contributed by atoms with Crippen molar-refractivity contribution in [3.8, 4) is 0 Å². The number of nitrogens with zero attached hydrogens (tertiary/aromatic N) is 2. The van der Waals surface area contributed by atoms with Crippen molar-refractivity contribution >= 4 is 17.5 Å². The predicted molar refractivity (Wildman–Crippen MR) is 90.7 cm³/mol. The molecule has 1 atom stereocenters. The number of hydrogen-bond acceptors (Lipinski definition) is 4. The number of piperazine rings is 1. The summed E-state index contributed by atoms with van der Waals surface area (Å²) in [6.45, 7) is 3.94. The minimum Gasteiger partial charge on any atom is -0.459 e. The van der Waals surface area contributed by atoms with Gasteiger partial charge in [0, 0.05) is 26.2 Å². The smallest absolute Gasteiger partial charge is 0.289 e. The average molecular weight is 345 g/mol. The minimum absolute atomic E-state index is 0.145. The van der Waals surface area contributed by atoms with Gasteiger partial charge in [-0.25, -0.2) is 4.39 Å². The summed E-state index contributed by atoms with van der Waals surface area (Å²) in [6.07, 6.45) is 1.47. The molecule has 1 fully saturated rings. The van der Waals surface area contributed by atoms with E-state index >= 15 is 0 Å².